The van der Waals surface area contributed by atoms with Crippen LogP contribution in [0.2, 0.25) is 0 Å². The summed E-state index contributed by atoms with van der Waals surface area (Å²) in [4.78, 5) is 0. The van der Waals surface area contributed by atoms with Crippen molar-refractivity contribution in [3.05, 3.63) is 24.3 Å². The van der Waals surface area contributed by atoms with E-state index in [2.05, 4.69) is 24.3 Å². The minimum Gasteiger partial charge on any atom is -0.0808 e. The molecule has 0 N–H and O–H groups in total. The van der Waals surface area contributed by atoms with Gasteiger partial charge in [0, 0.05) is 8.41 Å². The van der Waals surface area contributed by atoms with Gasteiger partial charge in [0.1, 0.15) is 0 Å². The van der Waals surface area contributed by atoms with Crippen molar-refractivity contribution < 1.29 is 0 Å². The fourth-order valence-corrected chi connectivity index (χ4v) is 0.393. The molecule has 1 heteroatoms. The topological polar surface area (TPSA) is 0 Å². The van der Waals surface area contributed by atoms with Gasteiger partial charge in [-0.3, -0.25) is 0 Å². The van der Waals surface area contributed by atoms with Crippen LogP contribution in [0, 0.1) is 0 Å². The molecule has 0 aromatic heterocycles. The molecule has 0 heterocycles. The number of hydrogen-bond donors (Lipinski definition) is 0. The Bertz CT molecular complexity index is 62.8. The van der Waals surface area contributed by atoms with E-state index in [9.17, 15) is 0 Å². The van der Waals surface area contributed by atoms with Gasteiger partial charge in [-0.1, -0.05) is 52.0 Å². The molecule has 0 spiro atoms. The second-order valence-corrected chi connectivity index (χ2v) is 1.09. The SMILES string of the molecule is C1=CCC=C1.CC.CC.[B]. The smallest absolute Gasteiger partial charge is 0 e. The van der Waals surface area contributed by atoms with Gasteiger partial charge >= 0.3 is 0 Å². The van der Waals surface area contributed by atoms with Crippen LogP contribution in [0.5, 0.6) is 0 Å². The monoisotopic (exact) mass is 137 g/mol. The Morgan fingerprint density at radius 2 is 1.10 bits per heavy atom. The van der Waals surface area contributed by atoms with E-state index in [0.29, 0.717) is 0 Å². The minimum absolute atomic E-state index is 0. The Kier molecular flexibility index (Phi) is 38.3. The summed E-state index contributed by atoms with van der Waals surface area (Å²) in [6.45, 7) is 8.00. The number of allylic oxidation sites excluding steroid dienone is 4. The van der Waals surface area contributed by atoms with Gasteiger partial charge in [-0.2, -0.15) is 0 Å². The van der Waals surface area contributed by atoms with Gasteiger partial charge in [0.25, 0.3) is 0 Å². The molecule has 0 aromatic rings. The van der Waals surface area contributed by atoms with Crippen LogP contribution in [-0.4, -0.2) is 8.41 Å². The maximum Gasteiger partial charge on any atom is 0 e. The zero-order chi connectivity index (χ0) is 7.54. The van der Waals surface area contributed by atoms with Crippen molar-refractivity contribution in [2.75, 3.05) is 0 Å². The molecule has 3 radical (unpaired) electrons. The molecule has 0 aliphatic heterocycles. The Hall–Kier alpha value is -0.455. The van der Waals surface area contributed by atoms with E-state index in [-0.39, 0.29) is 8.41 Å². The molecule has 0 aromatic carbocycles. The Balaban J connectivity index is -0.0000000875. The van der Waals surface area contributed by atoms with E-state index in [1.165, 1.54) is 0 Å². The first-order valence-corrected chi connectivity index (χ1v) is 3.82. The summed E-state index contributed by atoms with van der Waals surface area (Å²) in [6, 6.07) is 0. The molecule has 0 bridgehead atoms. The van der Waals surface area contributed by atoms with Crippen molar-refractivity contribution >= 4 is 8.41 Å². The summed E-state index contributed by atoms with van der Waals surface area (Å²) >= 11 is 0. The summed E-state index contributed by atoms with van der Waals surface area (Å²) in [6.07, 6.45) is 9.50. The molecule has 0 amide bonds. The molecule has 1 aliphatic rings. The van der Waals surface area contributed by atoms with Crippen LogP contribution in [0.25, 0.3) is 0 Å². The number of rotatable bonds is 0. The van der Waals surface area contributed by atoms with E-state index < -0.39 is 0 Å². The Morgan fingerprint density at radius 3 is 1.20 bits per heavy atom. The fourth-order valence-electron chi connectivity index (χ4n) is 0.393. The molecular formula is C9H18B. The maximum atomic E-state index is 2.12. The molecule has 0 saturated carbocycles. The zero-order valence-electron chi connectivity index (χ0n) is 7.59. The quantitative estimate of drug-likeness (QED) is 0.450. The second kappa shape index (κ2) is 23.5. The van der Waals surface area contributed by atoms with Gasteiger partial charge in [-0.05, 0) is 6.42 Å². The highest BCUT2D eigenvalue weighted by Gasteiger charge is 1.72. The first-order chi connectivity index (χ1) is 4.50. The van der Waals surface area contributed by atoms with Crippen LogP contribution in [-0.2, 0) is 0 Å². The zero-order valence-corrected chi connectivity index (χ0v) is 7.59. The Morgan fingerprint density at radius 1 is 0.800 bits per heavy atom. The third kappa shape index (κ3) is 15.6. The van der Waals surface area contributed by atoms with Gasteiger partial charge in [-0.15, -0.1) is 0 Å². The van der Waals surface area contributed by atoms with Gasteiger partial charge in [0.2, 0.25) is 0 Å². The van der Waals surface area contributed by atoms with Crippen molar-refractivity contribution in [2.45, 2.75) is 34.1 Å². The predicted molar refractivity (Wildman–Crippen MR) is 51.3 cm³/mol. The molecular weight excluding hydrogens is 119 g/mol. The van der Waals surface area contributed by atoms with Crippen LogP contribution in [0.3, 0.4) is 0 Å². The van der Waals surface area contributed by atoms with Crippen molar-refractivity contribution in [2.24, 2.45) is 0 Å². The summed E-state index contributed by atoms with van der Waals surface area (Å²) < 4.78 is 0. The van der Waals surface area contributed by atoms with E-state index in [0.717, 1.165) is 6.42 Å². The van der Waals surface area contributed by atoms with Crippen LogP contribution in [0.4, 0.5) is 0 Å². The van der Waals surface area contributed by atoms with Crippen molar-refractivity contribution in [3.8, 4) is 0 Å². The standard InChI is InChI=1S/C5H6.2C2H6.B/c1-2-4-5-3-1;2*1-2;/h1-4H,5H2;2*1-2H3;. The van der Waals surface area contributed by atoms with Crippen LogP contribution in [0.15, 0.2) is 24.3 Å². The van der Waals surface area contributed by atoms with Crippen LogP contribution < -0.4 is 0 Å². The van der Waals surface area contributed by atoms with E-state index in [1.807, 2.05) is 27.7 Å². The lowest BCUT2D eigenvalue weighted by Gasteiger charge is -1.57. The molecule has 1 rings (SSSR count). The second-order valence-electron chi connectivity index (χ2n) is 1.09. The molecule has 57 valence electrons. The highest BCUT2D eigenvalue weighted by atomic mass is 13.8. The summed E-state index contributed by atoms with van der Waals surface area (Å²) in [7, 11) is 0. The van der Waals surface area contributed by atoms with Crippen molar-refractivity contribution in [1.29, 1.82) is 0 Å². The van der Waals surface area contributed by atoms with Crippen molar-refractivity contribution in [1.82, 2.24) is 0 Å². The van der Waals surface area contributed by atoms with E-state index >= 15 is 0 Å². The normalized spacial score (nSPS) is 10.0. The van der Waals surface area contributed by atoms with E-state index in [1.54, 1.807) is 0 Å². The average molecular weight is 137 g/mol. The van der Waals surface area contributed by atoms with Gasteiger partial charge in [-0.25, -0.2) is 0 Å². The third-order valence-corrected chi connectivity index (χ3v) is 0.655. The summed E-state index contributed by atoms with van der Waals surface area (Å²) in [5.41, 5.74) is 0. The van der Waals surface area contributed by atoms with Gasteiger partial charge in [0.05, 0.1) is 0 Å². The molecule has 1 aliphatic carbocycles. The Labute approximate surface area is 67.6 Å². The highest BCUT2D eigenvalue weighted by molar-refractivity contribution is 5.75. The number of hydrogen-bond acceptors (Lipinski definition) is 0. The first kappa shape index (κ1) is 16.3. The lowest BCUT2D eigenvalue weighted by Crippen LogP contribution is -1.37. The molecule has 0 atom stereocenters. The van der Waals surface area contributed by atoms with Gasteiger partial charge < -0.3 is 0 Å². The minimum atomic E-state index is 0. The summed E-state index contributed by atoms with van der Waals surface area (Å²) in [5, 5.41) is 0. The highest BCUT2D eigenvalue weighted by Crippen LogP contribution is 1.93. The molecule has 0 nitrogen and oxygen atoms in total. The molecule has 0 fully saturated rings. The molecule has 10 heavy (non-hydrogen) atoms. The predicted octanol–water partition coefficient (Wildman–Crippen LogP) is 3.17. The average Bonchev–Trinajstić information content (AvgIpc) is 2.51. The van der Waals surface area contributed by atoms with Crippen LogP contribution in [0.1, 0.15) is 34.1 Å². The lowest BCUT2D eigenvalue weighted by molar-refractivity contribution is 1.45. The third-order valence-electron chi connectivity index (χ3n) is 0.655. The largest absolute Gasteiger partial charge is 0.0808 e. The molecule has 0 saturated heterocycles. The van der Waals surface area contributed by atoms with Crippen molar-refractivity contribution in [3.63, 3.8) is 0 Å². The molecule has 0 unspecified atom stereocenters. The first-order valence-electron chi connectivity index (χ1n) is 3.82. The fraction of sp³-hybridized carbons (Fsp3) is 0.556. The van der Waals surface area contributed by atoms with E-state index in [4.69, 9.17) is 0 Å². The van der Waals surface area contributed by atoms with Crippen LogP contribution >= 0.6 is 0 Å². The maximum absolute atomic E-state index is 2.12. The van der Waals surface area contributed by atoms with Gasteiger partial charge in [0.15, 0.2) is 0 Å². The summed E-state index contributed by atoms with van der Waals surface area (Å²) in [5.74, 6) is 0. The lowest BCUT2D eigenvalue weighted by atomic mass is 10.5.